The lowest BCUT2D eigenvalue weighted by Crippen LogP contribution is -1.85. The minimum Gasteiger partial charge on any atom is -0.391 e. The topological polar surface area (TPSA) is 45.4 Å². The first-order chi connectivity index (χ1) is 5.86. The second-order valence-corrected chi connectivity index (χ2v) is 2.19. The van der Waals surface area contributed by atoms with Crippen molar-refractivity contribution in [3.05, 3.63) is 35.4 Å². The molecular weight excluding hydrogens is 152 g/mol. The van der Waals surface area contributed by atoms with Crippen molar-refractivity contribution in [2.75, 3.05) is 0 Å². The van der Waals surface area contributed by atoms with Crippen molar-refractivity contribution in [1.29, 1.82) is 5.26 Å². The van der Waals surface area contributed by atoms with E-state index in [0.717, 1.165) is 5.56 Å². The number of hydrogen-bond acceptors (Lipinski definition) is 3. The molecule has 0 N–H and O–H groups in total. The number of rotatable bonds is 3. The maximum atomic E-state index is 8.48. The highest BCUT2D eigenvalue weighted by Crippen LogP contribution is 2.04. The van der Waals surface area contributed by atoms with Crippen LogP contribution in [0.3, 0.4) is 0 Å². The van der Waals surface area contributed by atoms with E-state index in [1.165, 1.54) is 0 Å². The average Bonchev–Trinajstić information content (AvgIpc) is 2.15. The molecule has 1 aromatic carbocycles. The van der Waals surface area contributed by atoms with Gasteiger partial charge in [-0.3, -0.25) is 0 Å². The molecule has 0 saturated heterocycles. The van der Waals surface area contributed by atoms with E-state index in [-0.39, 0.29) is 0 Å². The monoisotopic (exact) mass is 159 g/mol. The van der Waals surface area contributed by atoms with Gasteiger partial charge >= 0.3 is 0 Å². The number of benzene rings is 1. The highest BCUT2D eigenvalue weighted by Gasteiger charge is 1.92. The lowest BCUT2D eigenvalue weighted by Gasteiger charge is -1.97. The smallest absolute Gasteiger partial charge is 0.142 e. The van der Waals surface area contributed by atoms with E-state index in [0.29, 0.717) is 12.2 Å². The van der Waals surface area contributed by atoms with Crippen LogP contribution in [-0.2, 0) is 11.4 Å². The van der Waals surface area contributed by atoms with Crippen LogP contribution in [0.2, 0.25) is 0 Å². The molecule has 3 heteroatoms. The summed E-state index contributed by atoms with van der Waals surface area (Å²) in [5, 5.41) is 11.5. The molecule has 1 rings (SSSR count). The van der Waals surface area contributed by atoms with Crippen LogP contribution in [0, 0.1) is 11.3 Å². The number of hydrogen-bond donors (Lipinski definition) is 0. The average molecular weight is 159 g/mol. The fourth-order valence-electron chi connectivity index (χ4n) is 0.787. The van der Waals surface area contributed by atoms with Crippen molar-refractivity contribution in [3.8, 4) is 6.07 Å². The Morgan fingerprint density at radius 1 is 1.42 bits per heavy atom. The van der Waals surface area contributed by atoms with Gasteiger partial charge in [0.25, 0.3) is 0 Å². The SMILES string of the molecule is [CH]=NOCc1ccc(C#N)cc1. The zero-order valence-corrected chi connectivity index (χ0v) is 6.40. The van der Waals surface area contributed by atoms with Gasteiger partial charge in [-0.05, 0) is 17.7 Å². The van der Waals surface area contributed by atoms with Crippen molar-refractivity contribution < 1.29 is 4.84 Å². The Bertz CT molecular complexity index is 297. The lowest BCUT2D eigenvalue weighted by molar-refractivity contribution is 0.133. The molecule has 0 amide bonds. The summed E-state index contributed by atoms with van der Waals surface area (Å²) >= 11 is 0. The Kier molecular flexibility index (Phi) is 2.86. The summed E-state index contributed by atoms with van der Waals surface area (Å²) in [5.74, 6) is 0. The minimum absolute atomic E-state index is 0.336. The Balaban J connectivity index is 2.66. The predicted molar refractivity (Wildman–Crippen MR) is 44.4 cm³/mol. The van der Waals surface area contributed by atoms with Gasteiger partial charge in [0.15, 0.2) is 0 Å². The van der Waals surface area contributed by atoms with E-state index >= 15 is 0 Å². The second kappa shape index (κ2) is 4.14. The highest BCUT2D eigenvalue weighted by molar-refractivity contribution is 5.31. The van der Waals surface area contributed by atoms with Crippen LogP contribution in [0.25, 0.3) is 0 Å². The summed E-state index contributed by atoms with van der Waals surface area (Å²) in [4.78, 5) is 4.61. The number of nitriles is 1. The predicted octanol–water partition coefficient (Wildman–Crippen LogP) is 1.57. The molecule has 0 spiro atoms. The normalized spacial score (nSPS) is 8.58. The number of nitrogens with zero attached hydrogens (tertiary/aromatic N) is 2. The molecule has 0 aliphatic carbocycles. The molecule has 0 unspecified atom stereocenters. The Labute approximate surface area is 70.9 Å². The molecule has 1 aromatic rings. The van der Waals surface area contributed by atoms with E-state index in [4.69, 9.17) is 12.0 Å². The molecule has 0 aliphatic rings. The van der Waals surface area contributed by atoms with Crippen LogP contribution in [0.1, 0.15) is 11.1 Å². The van der Waals surface area contributed by atoms with E-state index in [1.54, 1.807) is 24.3 Å². The molecule has 0 saturated carbocycles. The Morgan fingerprint density at radius 2 is 2.08 bits per heavy atom. The fraction of sp³-hybridized carbons (Fsp3) is 0.111. The largest absolute Gasteiger partial charge is 0.391 e. The van der Waals surface area contributed by atoms with Gasteiger partial charge in [0.1, 0.15) is 6.61 Å². The first-order valence-electron chi connectivity index (χ1n) is 3.38. The van der Waals surface area contributed by atoms with Crippen LogP contribution in [0.4, 0.5) is 0 Å². The molecule has 3 nitrogen and oxygen atoms in total. The van der Waals surface area contributed by atoms with E-state index in [2.05, 4.69) is 9.99 Å². The fourth-order valence-corrected chi connectivity index (χ4v) is 0.787. The quantitative estimate of drug-likeness (QED) is 0.496. The summed E-state index contributed by atoms with van der Waals surface area (Å²) < 4.78 is 0. The first-order valence-corrected chi connectivity index (χ1v) is 3.38. The Morgan fingerprint density at radius 3 is 2.58 bits per heavy atom. The van der Waals surface area contributed by atoms with E-state index < -0.39 is 0 Å². The van der Waals surface area contributed by atoms with Crippen molar-refractivity contribution in [1.82, 2.24) is 0 Å². The Hall–Kier alpha value is -1.82. The van der Waals surface area contributed by atoms with Crippen LogP contribution >= 0.6 is 0 Å². The summed E-state index contributed by atoms with van der Waals surface area (Å²) in [6.07, 6.45) is 0. The highest BCUT2D eigenvalue weighted by atomic mass is 16.6. The molecule has 1 radical (unpaired) electrons. The van der Waals surface area contributed by atoms with Crippen LogP contribution in [-0.4, -0.2) is 6.72 Å². The summed E-state index contributed by atoms with van der Waals surface area (Å²) in [5.41, 5.74) is 1.56. The van der Waals surface area contributed by atoms with E-state index in [1.807, 2.05) is 6.07 Å². The zero-order chi connectivity index (χ0) is 8.81. The van der Waals surface area contributed by atoms with E-state index in [9.17, 15) is 0 Å². The van der Waals surface area contributed by atoms with Crippen molar-refractivity contribution in [2.45, 2.75) is 6.61 Å². The van der Waals surface area contributed by atoms with Gasteiger partial charge in [-0.15, -0.1) is 0 Å². The van der Waals surface area contributed by atoms with Gasteiger partial charge in [0.05, 0.1) is 18.4 Å². The van der Waals surface area contributed by atoms with Crippen LogP contribution in [0.15, 0.2) is 29.4 Å². The molecule has 0 aliphatic heterocycles. The van der Waals surface area contributed by atoms with Crippen molar-refractivity contribution >= 4 is 6.72 Å². The molecule has 0 aromatic heterocycles. The van der Waals surface area contributed by atoms with Gasteiger partial charge in [-0.25, -0.2) is 0 Å². The molecule has 59 valence electrons. The third-order valence-corrected chi connectivity index (χ3v) is 1.39. The molecule has 0 heterocycles. The summed E-state index contributed by atoms with van der Waals surface area (Å²) in [7, 11) is 0. The van der Waals surface area contributed by atoms with Crippen LogP contribution in [0.5, 0.6) is 0 Å². The first kappa shape index (κ1) is 8.28. The van der Waals surface area contributed by atoms with Gasteiger partial charge in [-0.2, -0.15) is 5.26 Å². The second-order valence-electron chi connectivity index (χ2n) is 2.19. The van der Waals surface area contributed by atoms with Gasteiger partial charge in [0, 0.05) is 0 Å². The van der Waals surface area contributed by atoms with Gasteiger partial charge in [0.2, 0.25) is 0 Å². The summed E-state index contributed by atoms with van der Waals surface area (Å²) in [6, 6.07) is 9.05. The molecule has 0 fully saturated rings. The van der Waals surface area contributed by atoms with Gasteiger partial charge < -0.3 is 4.84 Å². The van der Waals surface area contributed by atoms with Crippen molar-refractivity contribution in [3.63, 3.8) is 0 Å². The maximum Gasteiger partial charge on any atom is 0.142 e. The molecular formula is C9H7N2O. The zero-order valence-electron chi connectivity index (χ0n) is 6.40. The third kappa shape index (κ3) is 2.10. The lowest BCUT2D eigenvalue weighted by atomic mass is 10.2. The summed E-state index contributed by atoms with van der Waals surface area (Å²) in [6.45, 7) is 5.12. The van der Waals surface area contributed by atoms with Crippen molar-refractivity contribution in [2.24, 2.45) is 5.16 Å². The maximum absolute atomic E-state index is 8.48. The molecule has 12 heavy (non-hydrogen) atoms. The standard InChI is InChI=1S/C9H7N2O/c1-11-12-7-9-4-2-8(6-10)3-5-9/h1-5H,7H2. The molecule has 0 bridgehead atoms. The third-order valence-electron chi connectivity index (χ3n) is 1.39. The minimum atomic E-state index is 0.336. The van der Waals surface area contributed by atoms with Crippen LogP contribution < -0.4 is 0 Å². The van der Waals surface area contributed by atoms with Gasteiger partial charge in [-0.1, -0.05) is 17.3 Å². The molecule has 0 atom stereocenters.